The Bertz CT molecular complexity index is 769. The van der Waals surface area contributed by atoms with Crippen LogP contribution >= 0.6 is 0 Å². The van der Waals surface area contributed by atoms with Crippen molar-refractivity contribution in [1.82, 2.24) is 9.97 Å². The van der Waals surface area contributed by atoms with Gasteiger partial charge in [0.2, 0.25) is 0 Å². The minimum Gasteiger partial charge on any atom is -0.385 e. The minimum absolute atomic E-state index is 0.173. The normalized spacial score (nSPS) is 11.8. The summed E-state index contributed by atoms with van der Waals surface area (Å²) in [5, 5.41) is 6.71. The molecular weight excluding hydrogens is 296 g/mol. The van der Waals surface area contributed by atoms with E-state index in [0.717, 1.165) is 29.3 Å². The zero-order valence-electron chi connectivity index (χ0n) is 14.0. The highest BCUT2D eigenvalue weighted by Gasteiger charge is 2.07. The summed E-state index contributed by atoms with van der Waals surface area (Å²) in [5.41, 5.74) is 4.25. The Hall–Kier alpha value is -2.88. The van der Waals surface area contributed by atoms with Gasteiger partial charge in [0.05, 0.1) is 18.1 Å². The van der Waals surface area contributed by atoms with Crippen LogP contribution in [0, 0.1) is 0 Å². The van der Waals surface area contributed by atoms with E-state index in [2.05, 4.69) is 65.9 Å². The van der Waals surface area contributed by atoms with Crippen LogP contribution in [-0.2, 0) is 0 Å². The van der Waals surface area contributed by atoms with Crippen LogP contribution in [0.5, 0.6) is 0 Å². The first-order chi connectivity index (χ1) is 11.8. The molecule has 1 unspecified atom stereocenters. The Balaban J connectivity index is 1.76. The van der Waals surface area contributed by atoms with Gasteiger partial charge in [-0.1, -0.05) is 42.5 Å². The lowest BCUT2D eigenvalue weighted by atomic mass is 10.1. The minimum atomic E-state index is 0.173. The van der Waals surface area contributed by atoms with Crippen LogP contribution in [0.25, 0.3) is 11.3 Å². The van der Waals surface area contributed by atoms with Crippen molar-refractivity contribution in [3.05, 3.63) is 72.6 Å². The zero-order chi connectivity index (χ0) is 16.8. The predicted octanol–water partition coefficient (Wildman–Crippen LogP) is 4.75. The van der Waals surface area contributed by atoms with E-state index in [4.69, 9.17) is 4.98 Å². The number of rotatable bonds is 6. The third kappa shape index (κ3) is 3.90. The molecule has 0 radical (unpaired) electrons. The highest BCUT2D eigenvalue weighted by atomic mass is 15.0. The number of nitrogens with one attached hydrogen (secondary N) is 2. The van der Waals surface area contributed by atoms with Crippen molar-refractivity contribution >= 4 is 11.5 Å². The molecule has 0 aliphatic heterocycles. The average molecular weight is 318 g/mol. The number of aromatic nitrogens is 2. The molecule has 3 rings (SSSR count). The number of hydrogen-bond acceptors (Lipinski definition) is 4. The lowest BCUT2D eigenvalue weighted by molar-refractivity contribution is 0.872. The van der Waals surface area contributed by atoms with Gasteiger partial charge >= 0.3 is 0 Å². The van der Waals surface area contributed by atoms with E-state index in [-0.39, 0.29) is 6.04 Å². The summed E-state index contributed by atoms with van der Waals surface area (Å²) in [6.45, 7) is 5.12. The Kier molecular flexibility index (Phi) is 5.06. The first-order valence-corrected chi connectivity index (χ1v) is 8.24. The first-order valence-electron chi connectivity index (χ1n) is 8.24. The van der Waals surface area contributed by atoms with E-state index in [9.17, 15) is 0 Å². The molecule has 0 bridgehead atoms. The molecule has 1 aromatic heterocycles. The van der Waals surface area contributed by atoms with Crippen molar-refractivity contribution in [2.75, 3.05) is 17.2 Å². The van der Waals surface area contributed by atoms with E-state index >= 15 is 0 Å². The first kappa shape index (κ1) is 16.0. The standard InChI is InChI=1S/C20H22N4/c1-3-22-18-11-9-17(10-12-18)19-13-21-14-20(24-19)23-15(2)16-7-5-4-6-8-16/h4-15,22H,3H2,1-2H3,(H,23,24). The van der Waals surface area contributed by atoms with Crippen LogP contribution < -0.4 is 10.6 Å². The van der Waals surface area contributed by atoms with Crippen LogP contribution in [0.3, 0.4) is 0 Å². The fourth-order valence-electron chi connectivity index (χ4n) is 2.58. The largest absolute Gasteiger partial charge is 0.385 e. The van der Waals surface area contributed by atoms with Gasteiger partial charge in [0, 0.05) is 23.8 Å². The van der Waals surface area contributed by atoms with Crippen LogP contribution in [0.1, 0.15) is 25.5 Å². The number of nitrogens with zero attached hydrogens (tertiary/aromatic N) is 2. The average Bonchev–Trinajstić information content (AvgIpc) is 2.63. The van der Waals surface area contributed by atoms with Crippen LogP contribution in [0.2, 0.25) is 0 Å². The second kappa shape index (κ2) is 7.59. The second-order valence-corrected chi connectivity index (χ2v) is 5.67. The lowest BCUT2D eigenvalue weighted by Crippen LogP contribution is -2.08. The van der Waals surface area contributed by atoms with Crippen molar-refractivity contribution < 1.29 is 0 Å². The Labute approximate surface area is 143 Å². The van der Waals surface area contributed by atoms with Gasteiger partial charge in [0.15, 0.2) is 0 Å². The molecule has 0 amide bonds. The second-order valence-electron chi connectivity index (χ2n) is 5.67. The van der Waals surface area contributed by atoms with Gasteiger partial charge in [-0.05, 0) is 31.5 Å². The van der Waals surface area contributed by atoms with E-state index in [1.54, 1.807) is 12.4 Å². The van der Waals surface area contributed by atoms with Crippen molar-refractivity contribution in [3.8, 4) is 11.3 Å². The fourth-order valence-corrected chi connectivity index (χ4v) is 2.58. The monoisotopic (exact) mass is 318 g/mol. The molecule has 0 aliphatic carbocycles. The van der Waals surface area contributed by atoms with Gasteiger partial charge in [-0.15, -0.1) is 0 Å². The Morgan fingerprint density at radius 1 is 0.958 bits per heavy atom. The molecule has 3 aromatic rings. The van der Waals surface area contributed by atoms with Crippen molar-refractivity contribution in [2.24, 2.45) is 0 Å². The highest BCUT2D eigenvalue weighted by molar-refractivity contribution is 5.63. The molecule has 24 heavy (non-hydrogen) atoms. The van der Waals surface area contributed by atoms with E-state index in [1.165, 1.54) is 5.56 Å². The van der Waals surface area contributed by atoms with Gasteiger partial charge < -0.3 is 10.6 Å². The van der Waals surface area contributed by atoms with Gasteiger partial charge in [0.25, 0.3) is 0 Å². The van der Waals surface area contributed by atoms with Crippen LogP contribution in [-0.4, -0.2) is 16.5 Å². The molecular formula is C20H22N4. The molecule has 0 saturated heterocycles. The molecule has 0 saturated carbocycles. The van der Waals surface area contributed by atoms with Crippen LogP contribution in [0.4, 0.5) is 11.5 Å². The zero-order valence-corrected chi connectivity index (χ0v) is 14.0. The molecule has 1 heterocycles. The maximum Gasteiger partial charge on any atom is 0.145 e. The van der Waals surface area contributed by atoms with Gasteiger partial charge in [0.1, 0.15) is 5.82 Å². The van der Waals surface area contributed by atoms with Crippen molar-refractivity contribution in [2.45, 2.75) is 19.9 Å². The molecule has 122 valence electrons. The van der Waals surface area contributed by atoms with Gasteiger partial charge in [-0.2, -0.15) is 0 Å². The summed E-state index contributed by atoms with van der Waals surface area (Å²) < 4.78 is 0. The third-order valence-electron chi connectivity index (χ3n) is 3.86. The predicted molar refractivity (Wildman–Crippen MR) is 100 cm³/mol. The van der Waals surface area contributed by atoms with Gasteiger partial charge in [-0.3, -0.25) is 4.98 Å². The van der Waals surface area contributed by atoms with Gasteiger partial charge in [-0.25, -0.2) is 4.98 Å². The molecule has 2 aromatic carbocycles. The summed E-state index contributed by atoms with van der Waals surface area (Å²) >= 11 is 0. The smallest absolute Gasteiger partial charge is 0.145 e. The molecule has 4 heteroatoms. The summed E-state index contributed by atoms with van der Waals surface area (Å²) in [7, 11) is 0. The summed E-state index contributed by atoms with van der Waals surface area (Å²) in [6, 6.07) is 18.7. The summed E-state index contributed by atoms with van der Waals surface area (Å²) in [6.07, 6.45) is 3.55. The highest BCUT2D eigenvalue weighted by Crippen LogP contribution is 2.22. The number of anilines is 2. The maximum absolute atomic E-state index is 4.69. The molecule has 4 nitrogen and oxygen atoms in total. The number of benzene rings is 2. The molecule has 0 spiro atoms. The topological polar surface area (TPSA) is 49.8 Å². The molecule has 0 fully saturated rings. The molecule has 1 atom stereocenters. The quantitative estimate of drug-likeness (QED) is 0.688. The summed E-state index contributed by atoms with van der Waals surface area (Å²) in [4.78, 5) is 9.02. The lowest BCUT2D eigenvalue weighted by Gasteiger charge is -2.15. The fraction of sp³-hybridized carbons (Fsp3) is 0.200. The Morgan fingerprint density at radius 2 is 1.71 bits per heavy atom. The third-order valence-corrected chi connectivity index (χ3v) is 3.86. The summed E-state index contributed by atoms with van der Waals surface area (Å²) in [5.74, 6) is 0.777. The maximum atomic E-state index is 4.69. The Morgan fingerprint density at radius 3 is 2.42 bits per heavy atom. The van der Waals surface area contributed by atoms with Crippen molar-refractivity contribution in [1.29, 1.82) is 0 Å². The van der Waals surface area contributed by atoms with Crippen LogP contribution in [0.15, 0.2) is 67.0 Å². The SMILES string of the molecule is CCNc1ccc(-c2cncc(NC(C)c3ccccc3)n2)cc1. The van der Waals surface area contributed by atoms with E-state index in [1.807, 2.05) is 18.2 Å². The van der Waals surface area contributed by atoms with E-state index in [0.29, 0.717) is 0 Å². The number of hydrogen-bond donors (Lipinski definition) is 2. The molecule has 2 N–H and O–H groups in total. The van der Waals surface area contributed by atoms with Crippen molar-refractivity contribution in [3.63, 3.8) is 0 Å². The van der Waals surface area contributed by atoms with E-state index < -0.39 is 0 Å². The molecule has 0 aliphatic rings.